The highest BCUT2D eigenvalue weighted by atomic mass is 35.5. The SMILES string of the molecule is Clc1cnn(Cc2cccc(-c3ccco3)c2)c1. The predicted molar refractivity (Wildman–Crippen MR) is 70.5 cm³/mol. The van der Waals surface area contributed by atoms with Crippen LogP contribution < -0.4 is 0 Å². The van der Waals surface area contributed by atoms with E-state index in [-0.39, 0.29) is 0 Å². The van der Waals surface area contributed by atoms with E-state index in [9.17, 15) is 0 Å². The molecule has 3 nitrogen and oxygen atoms in total. The van der Waals surface area contributed by atoms with Gasteiger partial charge in [-0.3, -0.25) is 4.68 Å². The van der Waals surface area contributed by atoms with Gasteiger partial charge in [0.1, 0.15) is 5.76 Å². The summed E-state index contributed by atoms with van der Waals surface area (Å²) in [5.41, 5.74) is 2.22. The first-order valence-electron chi connectivity index (χ1n) is 5.62. The normalized spacial score (nSPS) is 10.7. The number of furan rings is 1. The van der Waals surface area contributed by atoms with Crippen molar-refractivity contribution in [2.75, 3.05) is 0 Å². The fourth-order valence-electron chi connectivity index (χ4n) is 1.88. The van der Waals surface area contributed by atoms with Gasteiger partial charge in [0.2, 0.25) is 0 Å². The maximum absolute atomic E-state index is 5.84. The Morgan fingerprint density at radius 1 is 1.22 bits per heavy atom. The molecule has 0 unspecified atom stereocenters. The molecule has 0 aliphatic carbocycles. The van der Waals surface area contributed by atoms with E-state index in [2.05, 4.69) is 17.2 Å². The topological polar surface area (TPSA) is 31.0 Å². The van der Waals surface area contributed by atoms with E-state index in [0.29, 0.717) is 11.6 Å². The summed E-state index contributed by atoms with van der Waals surface area (Å²) in [6.45, 7) is 0.696. The third kappa shape index (κ3) is 2.31. The molecule has 3 aromatic rings. The van der Waals surface area contributed by atoms with E-state index >= 15 is 0 Å². The lowest BCUT2D eigenvalue weighted by Gasteiger charge is -2.04. The highest BCUT2D eigenvalue weighted by Gasteiger charge is 2.03. The summed E-state index contributed by atoms with van der Waals surface area (Å²) in [5, 5.41) is 4.81. The Balaban J connectivity index is 1.87. The Labute approximate surface area is 110 Å². The number of hydrogen-bond donors (Lipinski definition) is 0. The smallest absolute Gasteiger partial charge is 0.133 e. The van der Waals surface area contributed by atoms with Crippen molar-refractivity contribution in [3.63, 3.8) is 0 Å². The van der Waals surface area contributed by atoms with E-state index in [0.717, 1.165) is 16.9 Å². The van der Waals surface area contributed by atoms with Gasteiger partial charge in [0.15, 0.2) is 0 Å². The molecule has 0 radical (unpaired) electrons. The molecule has 0 fully saturated rings. The number of nitrogens with zero attached hydrogens (tertiary/aromatic N) is 2. The molecule has 0 saturated heterocycles. The maximum atomic E-state index is 5.84. The molecule has 1 aromatic carbocycles. The van der Waals surface area contributed by atoms with Gasteiger partial charge in [-0.1, -0.05) is 29.8 Å². The lowest BCUT2D eigenvalue weighted by Crippen LogP contribution is -1.99. The average molecular weight is 259 g/mol. The predicted octanol–water partition coefficient (Wildman–Crippen LogP) is 3.84. The van der Waals surface area contributed by atoms with Crippen LogP contribution in [0, 0.1) is 0 Å². The van der Waals surface area contributed by atoms with Crippen molar-refractivity contribution in [1.82, 2.24) is 9.78 Å². The molecule has 2 heterocycles. The molecule has 0 saturated carbocycles. The summed E-state index contributed by atoms with van der Waals surface area (Å²) in [6.07, 6.45) is 5.12. The van der Waals surface area contributed by atoms with E-state index in [1.807, 2.05) is 28.9 Å². The molecule has 0 spiro atoms. The fraction of sp³-hybridized carbons (Fsp3) is 0.0714. The molecule has 0 N–H and O–H groups in total. The van der Waals surface area contributed by atoms with Gasteiger partial charge in [0, 0.05) is 11.8 Å². The first-order valence-corrected chi connectivity index (χ1v) is 6.00. The van der Waals surface area contributed by atoms with Crippen LogP contribution in [0.5, 0.6) is 0 Å². The molecule has 3 rings (SSSR count). The number of hydrogen-bond acceptors (Lipinski definition) is 2. The molecule has 0 aliphatic heterocycles. The van der Waals surface area contributed by atoms with Gasteiger partial charge in [-0.25, -0.2) is 0 Å². The molecular weight excluding hydrogens is 248 g/mol. The molecule has 0 bridgehead atoms. The van der Waals surface area contributed by atoms with Crippen molar-refractivity contribution in [3.8, 4) is 11.3 Å². The minimum absolute atomic E-state index is 0.650. The zero-order chi connectivity index (χ0) is 12.4. The third-order valence-corrected chi connectivity index (χ3v) is 2.87. The van der Waals surface area contributed by atoms with Crippen LogP contribution in [0.1, 0.15) is 5.56 Å². The van der Waals surface area contributed by atoms with Gasteiger partial charge in [-0.2, -0.15) is 5.10 Å². The zero-order valence-electron chi connectivity index (χ0n) is 9.58. The second-order valence-corrected chi connectivity index (χ2v) is 4.47. The van der Waals surface area contributed by atoms with Gasteiger partial charge in [-0.05, 0) is 23.8 Å². The number of benzene rings is 1. The molecule has 0 atom stereocenters. The molecule has 90 valence electrons. The van der Waals surface area contributed by atoms with Crippen LogP contribution in [-0.2, 0) is 6.54 Å². The molecule has 2 aromatic heterocycles. The number of halogens is 1. The van der Waals surface area contributed by atoms with Gasteiger partial charge in [0.05, 0.1) is 24.0 Å². The zero-order valence-corrected chi connectivity index (χ0v) is 10.3. The van der Waals surface area contributed by atoms with Crippen LogP contribution in [0.25, 0.3) is 11.3 Å². The second-order valence-electron chi connectivity index (χ2n) is 4.03. The van der Waals surface area contributed by atoms with Crippen LogP contribution >= 0.6 is 11.6 Å². The standard InChI is InChI=1S/C14H11ClN2O/c15-13-8-16-17(10-13)9-11-3-1-4-12(7-11)14-5-2-6-18-14/h1-8,10H,9H2. The molecule has 0 amide bonds. The monoisotopic (exact) mass is 258 g/mol. The van der Waals surface area contributed by atoms with E-state index in [4.69, 9.17) is 16.0 Å². The summed E-state index contributed by atoms with van der Waals surface area (Å²) < 4.78 is 7.19. The third-order valence-electron chi connectivity index (χ3n) is 2.68. The van der Waals surface area contributed by atoms with Gasteiger partial charge < -0.3 is 4.42 Å². The Hall–Kier alpha value is -2.00. The summed E-state index contributed by atoms with van der Waals surface area (Å²) >= 11 is 5.84. The Morgan fingerprint density at radius 3 is 2.89 bits per heavy atom. The largest absolute Gasteiger partial charge is 0.464 e. The van der Waals surface area contributed by atoms with E-state index in [1.54, 1.807) is 18.7 Å². The maximum Gasteiger partial charge on any atom is 0.133 e. The van der Waals surface area contributed by atoms with Crippen LogP contribution in [0.3, 0.4) is 0 Å². The first-order chi connectivity index (χ1) is 8.81. The molecule has 4 heteroatoms. The minimum atomic E-state index is 0.650. The molecular formula is C14H11ClN2O. The summed E-state index contributed by atoms with van der Waals surface area (Å²) in [5.74, 6) is 0.871. The lowest BCUT2D eigenvalue weighted by atomic mass is 10.1. The van der Waals surface area contributed by atoms with Crippen molar-refractivity contribution in [2.24, 2.45) is 0 Å². The quantitative estimate of drug-likeness (QED) is 0.715. The molecule has 18 heavy (non-hydrogen) atoms. The Morgan fingerprint density at radius 2 is 2.17 bits per heavy atom. The van der Waals surface area contributed by atoms with Crippen molar-refractivity contribution in [3.05, 3.63) is 65.6 Å². The number of aromatic nitrogens is 2. The van der Waals surface area contributed by atoms with Crippen molar-refractivity contribution < 1.29 is 4.42 Å². The van der Waals surface area contributed by atoms with Gasteiger partial charge in [0.25, 0.3) is 0 Å². The summed E-state index contributed by atoms with van der Waals surface area (Å²) in [7, 11) is 0. The van der Waals surface area contributed by atoms with Crippen LogP contribution in [0.15, 0.2) is 59.5 Å². The van der Waals surface area contributed by atoms with Crippen molar-refractivity contribution in [1.29, 1.82) is 0 Å². The minimum Gasteiger partial charge on any atom is -0.464 e. The first kappa shape index (κ1) is 11.1. The van der Waals surface area contributed by atoms with Crippen molar-refractivity contribution >= 4 is 11.6 Å². The van der Waals surface area contributed by atoms with Gasteiger partial charge >= 0.3 is 0 Å². The van der Waals surface area contributed by atoms with E-state index in [1.165, 1.54) is 0 Å². The highest BCUT2D eigenvalue weighted by molar-refractivity contribution is 6.30. The Bertz CT molecular complexity index is 643. The van der Waals surface area contributed by atoms with E-state index < -0.39 is 0 Å². The fourth-order valence-corrected chi connectivity index (χ4v) is 2.03. The summed E-state index contributed by atoms with van der Waals surface area (Å²) in [6, 6.07) is 12.0. The van der Waals surface area contributed by atoms with Crippen LogP contribution in [-0.4, -0.2) is 9.78 Å². The van der Waals surface area contributed by atoms with Crippen LogP contribution in [0.2, 0.25) is 5.02 Å². The van der Waals surface area contributed by atoms with Crippen molar-refractivity contribution in [2.45, 2.75) is 6.54 Å². The second kappa shape index (κ2) is 4.70. The van der Waals surface area contributed by atoms with Gasteiger partial charge in [-0.15, -0.1) is 0 Å². The highest BCUT2D eigenvalue weighted by Crippen LogP contribution is 2.21. The Kier molecular flexibility index (Phi) is 2.90. The summed E-state index contributed by atoms with van der Waals surface area (Å²) in [4.78, 5) is 0. The number of rotatable bonds is 3. The lowest BCUT2D eigenvalue weighted by molar-refractivity contribution is 0.582. The molecule has 0 aliphatic rings. The van der Waals surface area contributed by atoms with Crippen LogP contribution in [0.4, 0.5) is 0 Å². The average Bonchev–Trinajstić information content (AvgIpc) is 3.01.